The second-order valence-electron chi connectivity index (χ2n) is 8.46. The van der Waals surface area contributed by atoms with Gasteiger partial charge in [-0.2, -0.15) is 0 Å². The number of aryl methyl sites for hydroxylation is 1. The van der Waals surface area contributed by atoms with Crippen LogP contribution in [-0.4, -0.2) is 46.7 Å². The van der Waals surface area contributed by atoms with Crippen LogP contribution in [0.2, 0.25) is 0 Å². The van der Waals surface area contributed by atoms with Crippen LogP contribution in [0.25, 0.3) is 0 Å². The topological polar surface area (TPSA) is 108 Å². The number of aromatic nitrogens is 1. The second-order valence-corrected chi connectivity index (χ2v) is 8.46. The highest BCUT2D eigenvalue weighted by Crippen LogP contribution is 2.29. The molecule has 2 heterocycles. The highest BCUT2D eigenvalue weighted by Gasteiger charge is 2.32. The number of likely N-dealkylation sites (tertiary alicyclic amines) is 1. The molecule has 1 aliphatic carbocycles. The summed E-state index contributed by atoms with van der Waals surface area (Å²) in [6.45, 7) is 3.24. The number of fused-ring (bicyclic) bond motifs is 1. The van der Waals surface area contributed by atoms with Gasteiger partial charge in [-0.15, -0.1) is 0 Å². The summed E-state index contributed by atoms with van der Waals surface area (Å²) in [5, 5.41) is 2.91. The molecule has 1 aromatic carbocycles. The number of carbonyl (C=O) groups excluding carboxylic acids is 3. The first-order valence-corrected chi connectivity index (χ1v) is 10.6. The first kappa shape index (κ1) is 20.2. The number of H-pyrrole nitrogens is 1. The van der Waals surface area contributed by atoms with Crippen LogP contribution in [0.15, 0.2) is 30.5 Å². The summed E-state index contributed by atoms with van der Waals surface area (Å²) in [6.07, 6.45) is 6.32. The van der Waals surface area contributed by atoms with Gasteiger partial charge in [-0.3, -0.25) is 14.4 Å². The quantitative estimate of drug-likeness (QED) is 0.706. The average molecular weight is 409 g/mol. The molecule has 7 heteroatoms. The minimum Gasteiger partial charge on any atom is -0.366 e. The van der Waals surface area contributed by atoms with Crippen molar-refractivity contribution >= 4 is 17.7 Å². The van der Waals surface area contributed by atoms with Gasteiger partial charge in [0.1, 0.15) is 5.69 Å². The van der Waals surface area contributed by atoms with Gasteiger partial charge in [0.15, 0.2) is 0 Å². The molecule has 2 aliphatic rings. The molecule has 4 N–H and O–H groups in total. The van der Waals surface area contributed by atoms with Crippen LogP contribution in [0.5, 0.6) is 0 Å². The summed E-state index contributed by atoms with van der Waals surface area (Å²) < 4.78 is 0. The summed E-state index contributed by atoms with van der Waals surface area (Å²) in [7, 11) is 0. The number of nitrogens with two attached hydrogens (primary N) is 1. The van der Waals surface area contributed by atoms with E-state index < -0.39 is 5.91 Å². The third-order valence-corrected chi connectivity index (χ3v) is 6.33. The Balaban J connectivity index is 1.47. The Morgan fingerprint density at radius 2 is 2.10 bits per heavy atom. The van der Waals surface area contributed by atoms with E-state index in [-0.39, 0.29) is 29.1 Å². The third-order valence-electron chi connectivity index (χ3n) is 6.33. The van der Waals surface area contributed by atoms with E-state index >= 15 is 0 Å². The smallest absolute Gasteiger partial charge is 0.267 e. The van der Waals surface area contributed by atoms with Gasteiger partial charge in [0, 0.05) is 30.9 Å². The van der Waals surface area contributed by atoms with Crippen molar-refractivity contribution in [3.8, 4) is 0 Å². The van der Waals surface area contributed by atoms with E-state index in [1.165, 1.54) is 23.4 Å². The van der Waals surface area contributed by atoms with Crippen molar-refractivity contribution in [3.63, 3.8) is 0 Å². The summed E-state index contributed by atoms with van der Waals surface area (Å²) in [5.74, 6) is -0.340. The molecule has 1 aromatic heterocycles. The molecule has 2 aromatic rings. The molecule has 0 radical (unpaired) electrons. The van der Waals surface area contributed by atoms with Gasteiger partial charge >= 0.3 is 0 Å². The molecule has 4 rings (SSSR count). The van der Waals surface area contributed by atoms with Crippen molar-refractivity contribution in [2.75, 3.05) is 13.1 Å². The van der Waals surface area contributed by atoms with Gasteiger partial charge in [-0.25, -0.2) is 0 Å². The van der Waals surface area contributed by atoms with Crippen molar-refractivity contribution < 1.29 is 14.4 Å². The van der Waals surface area contributed by atoms with Crippen LogP contribution in [-0.2, 0) is 12.8 Å². The molecule has 3 amide bonds. The Labute approximate surface area is 176 Å². The summed E-state index contributed by atoms with van der Waals surface area (Å²) >= 11 is 0. The van der Waals surface area contributed by atoms with Gasteiger partial charge in [-0.05, 0) is 61.3 Å². The molecule has 0 spiro atoms. The highest BCUT2D eigenvalue weighted by molar-refractivity contribution is 5.98. The lowest BCUT2D eigenvalue weighted by atomic mass is 9.91. The van der Waals surface area contributed by atoms with Crippen LogP contribution in [0, 0.1) is 5.92 Å². The van der Waals surface area contributed by atoms with E-state index in [2.05, 4.69) is 23.3 Å². The Kier molecular flexibility index (Phi) is 5.61. The second kappa shape index (κ2) is 8.34. The van der Waals surface area contributed by atoms with E-state index in [4.69, 9.17) is 5.73 Å². The van der Waals surface area contributed by atoms with Gasteiger partial charge in [-0.1, -0.05) is 19.1 Å². The Morgan fingerprint density at radius 3 is 2.87 bits per heavy atom. The first-order valence-electron chi connectivity index (χ1n) is 10.6. The number of amides is 3. The predicted octanol–water partition coefficient (Wildman–Crippen LogP) is 2.27. The van der Waals surface area contributed by atoms with Crippen molar-refractivity contribution in [3.05, 3.63) is 58.4 Å². The van der Waals surface area contributed by atoms with E-state index in [0.29, 0.717) is 19.0 Å². The number of rotatable bonds is 5. The monoisotopic (exact) mass is 408 g/mol. The van der Waals surface area contributed by atoms with Gasteiger partial charge in [0.05, 0.1) is 5.56 Å². The van der Waals surface area contributed by atoms with Crippen molar-refractivity contribution in [1.29, 1.82) is 0 Å². The minimum atomic E-state index is -0.585. The zero-order valence-corrected chi connectivity index (χ0v) is 17.2. The largest absolute Gasteiger partial charge is 0.366 e. The molecule has 0 unspecified atom stereocenters. The van der Waals surface area contributed by atoms with Crippen LogP contribution in [0.1, 0.15) is 68.5 Å². The highest BCUT2D eigenvalue weighted by atomic mass is 16.2. The van der Waals surface area contributed by atoms with Gasteiger partial charge in [0.2, 0.25) is 5.91 Å². The molecule has 7 nitrogen and oxygen atoms in total. The summed E-state index contributed by atoms with van der Waals surface area (Å²) in [6, 6.07) is 7.41. The van der Waals surface area contributed by atoms with Gasteiger partial charge < -0.3 is 20.9 Å². The average Bonchev–Trinajstić information content (AvgIpc) is 3.41. The number of aromatic amines is 1. The zero-order chi connectivity index (χ0) is 21.3. The number of nitrogens with one attached hydrogen (secondary N) is 2. The number of hydrogen-bond donors (Lipinski definition) is 3. The molecule has 1 fully saturated rings. The molecule has 1 aliphatic heterocycles. The fraction of sp³-hybridized carbons (Fsp3) is 0.435. The molecule has 1 saturated heterocycles. The Morgan fingerprint density at radius 1 is 1.27 bits per heavy atom. The third kappa shape index (κ3) is 3.97. The van der Waals surface area contributed by atoms with Gasteiger partial charge in [0.25, 0.3) is 11.8 Å². The number of benzene rings is 1. The number of primary amides is 1. The molecule has 0 bridgehead atoms. The standard InChI is InChI=1S/C23H28N4O3/c1-14-8-9-27(23(30)19-7-3-5-15-4-2-6-18(15)19)17(10-14)13-26-22(29)20-11-16(12-25-20)21(24)28/h3,5,7,11-12,14,17,25H,2,4,6,8-10,13H2,1H3,(H2,24,28)(H,26,29)/t14-,17+/m1/s1. The molecule has 30 heavy (non-hydrogen) atoms. The maximum absolute atomic E-state index is 13.4. The molecular formula is C23H28N4O3. The van der Waals surface area contributed by atoms with Crippen LogP contribution in [0.4, 0.5) is 0 Å². The SMILES string of the molecule is C[C@@H]1CCN(C(=O)c2cccc3c2CCC3)[C@H](CNC(=O)c2cc(C(N)=O)c[nH]2)C1. The normalized spacial score (nSPS) is 20.6. The van der Waals surface area contributed by atoms with Crippen LogP contribution in [0.3, 0.4) is 0 Å². The molecule has 0 saturated carbocycles. The number of nitrogens with zero attached hydrogens (tertiary/aromatic N) is 1. The molecule has 2 atom stereocenters. The molecule has 158 valence electrons. The van der Waals surface area contributed by atoms with E-state index in [9.17, 15) is 14.4 Å². The summed E-state index contributed by atoms with van der Waals surface area (Å²) in [4.78, 5) is 41.9. The Hall–Kier alpha value is -3.09. The molecular weight excluding hydrogens is 380 g/mol. The lowest BCUT2D eigenvalue weighted by molar-refractivity contribution is 0.0549. The fourth-order valence-corrected chi connectivity index (χ4v) is 4.66. The lowest BCUT2D eigenvalue weighted by Gasteiger charge is -2.39. The van der Waals surface area contributed by atoms with Crippen molar-refractivity contribution in [1.82, 2.24) is 15.2 Å². The fourth-order valence-electron chi connectivity index (χ4n) is 4.66. The van der Waals surface area contributed by atoms with E-state index in [0.717, 1.165) is 37.7 Å². The first-order chi connectivity index (χ1) is 14.4. The Bertz CT molecular complexity index is 981. The van der Waals surface area contributed by atoms with Crippen LogP contribution >= 0.6 is 0 Å². The summed E-state index contributed by atoms with van der Waals surface area (Å²) in [5.41, 5.74) is 9.08. The van der Waals surface area contributed by atoms with Crippen LogP contribution < -0.4 is 11.1 Å². The zero-order valence-electron chi connectivity index (χ0n) is 17.2. The van der Waals surface area contributed by atoms with E-state index in [1.807, 2.05) is 17.0 Å². The van der Waals surface area contributed by atoms with E-state index in [1.54, 1.807) is 0 Å². The number of hydrogen-bond acceptors (Lipinski definition) is 3. The maximum Gasteiger partial charge on any atom is 0.267 e. The van der Waals surface area contributed by atoms with Crippen molar-refractivity contribution in [2.45, 2.75) is 45.1 Å². The maximum atomic E-state index is 13.4. The predicted molar refractivity (Wildman–Crippen MR) is 113 cm³/mol. The minimum absolute atomic E-state index is 0.0620. The number of carbonyl (C=O) groups is 3. The lowest BCUT2D eigenvalue weighted by Crippen LogP contribution is -2.51. The van der Waals surface area contributed by atoms with Crippen molar-refractivity contribution in [2.24, 2.45) is 11.7 Å². The number of piperidine rings is 1.